The first-order valence-electron chi connectivity index (χ1n) is 9.90. The van der Waals surface area contributed by atoms with Gasteiger partial charge in [0.2, 0.25) is 0 Å². The molecule has 0 atom stereocenters. The average Bonchev–Trinajstić information content (AvgIpc) is 2.74. The Hall–Kier alpha value is -3.42. The van der Waals surface area contributed by atoms with E-state index in [1.165, 1.54) is 12.1 Å². The molecule has 3 aromatic rings. The molecule has 0 bridgehead atoms. The van der Waals surface area contributed by atoms with Gasteiger partial charge in [-0.25, -0.2) is 9.59 Å². The summed E-state index contributed by atoms with van der Waals surface area (Å²) >= 11 is 0. The quantitative estimate of drug-likeness (QED) is 0.249. The van der Waals surface area contributed by atoms with Crippen LogP contribution in [-0.4, -0.2) is 43.7 Å². The number of fused-ring (bicyclic) bond motifs is 1. The van der Waals surface area contributed by atoms with Crippen LogP contribution in [0, 0.1) is 6.92 Å². The summed E-state index contributed by atoms with van der Waals surface area (Å²) in [4.78, 5) is 27.1. The molecule has 0 radical (unpaired) electrons. The van der Waals surface area contributed by atoms with Gasteiger partial charge in [0, 0.05) is 42.2 Å². The lowest BCUT2D eigenvalue weighted by atomic mass is 9.98. The van der Waals surface area contributed by atoms with Gasteiger partial charge in [0.1, 0.15) is 17.1 Å². The molecule has 7 nitrogen and oxygen atoms in total. The van der Waals surface area contributed by atoms with Gasteiger partial charge in [0.25, 0.3) is 0 Å². The Morgan fingerprint density at radius 3 is 2.61 bits per heavy atom. The zero-order valence-corrected chi connectivity index (χ0v) is 17.9. The highest BCUT2D eigenvalue weighted by molar-refractivity contribution is 5.83. The number of hydrogen-bond donors (Lipinski definition) is 2. The number of rotatable bonds is 8. The molecule has 1 aromatic carbocycles. The molecule has 7 heteroatoms. The van der Waals surface area contributed by atoms with Crippen LogP contribution in [-0.2, 0) is 0 Å². The van der Waals surface area contributed by atoms with Crippen LogP contribution in [0.25, 0.3) is 27.7 Å². The predicted molar refractivity (Wildman–Crippen MR) is 122 cm³/mol. The van der Waals surface area contributed by atoms with E-state index in [4.69, 9.17) is 8.83 Å². The van der Waals surface area contributed by atoms with Crippen LogP contribution in [0.15, 0.2) is 73.2 Å². The largest absolute Gasteiger partial charge is 0.508 e. The molecular weight excluding hydrogens is 396 g/mol. The third kappa shape index (κ3) is 5.02. The fraction of sp³-hybridized carbons (Fsp3) is 0.250. The van der Waals surface area contributed by atoms with E-state index in [1.807, 2.05) is 31.1 Å². The minimum absolute atomic E-state index is 0.105. The maximum Gasteiger partial charge on any atom is 0.344 e. The summed E-state index contributed by atoms with van der Waals surface area (Å²) < 4.78 is 10.9. The van der Waals surface area contributed by atoms with Crippen LogP contribution in [0.2, 0.25) is 0 Å². The van der Waals surface area contributed by atoms with Crippen molar-refractivity contribution >= 4 is 16.5 Å². The average molecular weight is 422 g/mol. The van der Waals surface area contributed by atoms with Gasteiger partial charge in [-0.2, -0.15) is 0 Å². The summed E-state index contributed by atoms with van der Waals surface area (Å²) in [5.41, 5.74) is 0.853. The van der Waals surface area contributed by atoms with Crippen LogP contribution >= 0.6 is 0 Å². The van der Waals surface area contributed by atoms with Gasteiger partial charge in [-0.3, -0.25) is 0 Å². The lowest BCUT2D eigenvalue weighted by Gasteiger charge is -2.15. The molecule has 0 saturated heterocycles. The van der Waals surface area contributed by atoms with E-state index >= 15 is 0 Å². The van der Waals surface area contributed by atoms with Gasteiger partial charge in [-0.1, -0.05) is 24.8 Å². The third-order valence-corrected chi connectivity index (χ3v) is 4.96. The van der Waals surface area contributed by atoms with Crippen molar-refractivity contribution in [2.24, 2.45) is 0 Å². The standard InChI is InChI=1S/C24H26N2O5/c1-5-20(27)19(14-25-10-11-26(3)4)23-15(2)17(13-22(28)31-23)18-12-16-8-6-7-9-21(16)30-24(18)29/h5-9,12-13,25,27H,1,10-11,14H2,2-4H3/b20-19+. The van der Waals surface area contributed by atoms with Crippen molar-refractivity contribution in [3.63, 3.8) is 0 Å². The van der Waals surface area contributed by atoms with Gasteiger partial charge in [0.15, 0.2) is 0 Å². The Balaban J connectivity index is 2.11. The van der Waals surface area contributed by atoms with Crippen molar-refractivity contribution in [2.75, 3.05) is 33.7 Å². The zero-order valence-electron chi connectivity index (χ0n) is 17.9. The number of allylic oxidation sites excluding steroid dienone is 1. The molecule has 2 aromatic heterocycles. The molecule has 3 rings (SSSR count). The maximum atomic E-state index is 12.6. The van der Waals surface area contributed by atoms with Crippen LogP contribution in [0.4, 0.5) is 0 Å². The summed E-state index contributed by atoms with van der Waals surface area (Å²) in [5.74, 6) is 0.0936. The van der Waals surface area contributed by atoms with E-state index in [0.29, 0.717) is 28.8 Å². The van der Waals surface area contributed by atoms with E-state index < -0.39 is 11.3 Å². The minimum Gasteiger partial charge on any atom is -0.508 e. The summed E-state index contributed by atoms with van der Waals surface area (Å²) in [6.45, 7) is 7.07. The molecule has 2 N–H and O–H groups in total. The lowest BCUT2D eigenvalue weighted by molar-refractivity contribution is 0.401. The third-order valence-electron chi connectivity index (χ3n) is 4.96. The Bertz CT molecular complexity index is 1250. The second-order valence-corrected chi connectivity index (χ2v) is 7.47. The summed E-state index contributed by atoms with van der Waals surface area (Å²) in [7, 11) is 3.92. The molecule has 162 valence electrons. The van der Waals surface area contributed by atoms with Crippen LogP contribution in [0.1, 0.15) is 11.3 Å². The van der Waals surface area contributed by atoms with Gasteiger partial charge in [0.05, 0.1) is 11.1 Å². The molecule has 0 fully saturated rings. The van der Waals surface area contributed by atoms with Crippen molar-refractivity contribution in [1.29, 1.82) is 0 Å². The Labute approximate surface area is 179 Å². The number of nitrogens with one attached hydrogen (secondary N) is 1. The number of nitrogens with zero attached hydrogens (tertiary/aromatic N) is 1. The molecule has 0 aliphatic heterocycles. The minimum atomic E-state index is -0.634. The molecule has 31 heavy (non-hydrogen) atoms. The second kappa shape index (κ2) is 9.59. The van der Waals surface area contributed by atoms with Crippen molar-refractivity contribution < 1.29 is 13.9 Å². The first-order valence-corrected chi connectivity index (χ1v) is 9.90. The Morgan fingerprint density at radius 2 is 1.90 bits per heavy atom. The molecule has 0 saturated carbocycles. The second-order valence-electron chi connectivity index (χ2n) is 7.47. The van der Waals surface area contributed by atoms with Crippen LogP contribution in [0.3, 0.4) is 0 Å². The molecule has 2 heterocycles. The molecule has 0 unspecified atom stereocenters. The summed E-state index contributed by atoms with van der Waals surface area (Å²) in [5, 5.41) is 14.4. The molecule has 0 amide bonds. The van der Waals surface area contributed by atoms with E-state index in [-0.39, 0.29) is 23.6 Å². The van der Waals surface area contributed by atoms with Gasteiger partial charge >= 0.3 is 11.3 Å². The van der Waals surface area contributed by atoms with Gasteiger partial charge in [-0.15, -0.1) is 0 Å². The highest BCUT2D eigenvalue weighted by Gasteiger charge is 2.20. The molecule has 0 aliphatic rings. The van der Waals surface area contributed by atoms with E-state index in [9.17, 15) is 14.7 Å². The van der Waals surface area contributed by atoms with E-state index in [0.717, 1.165) is 11.9 Å². The van der Waals surface area contributed by atoms with E-state index in [1.54, 1.807) is 25.1 Å². The summed E-state index contributed by atoms with van der Waals surface area (Å²) in [6, 6.07) is 10.1. The summed E-state index contributed by atoms with van der Waals surface area (Å²) in [6.07, 6.45) is 1.29. The van der Waals surface area contributed by atoms with Crippen molar-refractivity contribution in [1.82, 2.24) is 10.2 Å². The van der Waals surface area contributed by atoms with Gasteiger partial charge in [-0.05, 0) is 39.2 Å². The first kappa shape index (κ1) is 22.3. The highest BCUT2D eigenvalue weighted by Crippen LogP contribution is 2.29. The van der Waals surface area contributed by atoms with Crippen LogP contribution < -0.4 is 16.6 Å². The fourth-order valence-corrected chi connectivity index (χ4v) is 3.30. The Kier molecular flexibility index (Phi) is 6.89. The number of likely N-dealkylation sites (N-methyl/N-ethyl adjacent to an activating group) is 1. The predicted octanol–water partition coefficient (Wildman–Crippen LogP) is 3.33. The molecule has 0 spiro atoms. The van der Waals surface area contributed by atoms with Gasteiger partial charge < -0.3 is 24.2 Å². The fourth-order valence-electron chi connectivity index (χ4n) is 3.30. The molecule has 0 aliphatic carbocycles. The maximum absolute atomic E-state index is 12.6. The smallest absolute Gasteiger partial charge is 0.344 e. The normalized spacial score (nSPS) is 12.3. The van der Waals surface area contributed by atoms with Crippen molar-refractivity contribution in [3.8, 4) is 11.1 Å². The number of benzene rings is 1. The lowest BCUT2D eigenvalue weighted by Crippen LogP contribution is -2.28. The van der Waals surface area contributed by atoms with Crippen molar-refractivity contribution in [3.05, 3.63) is 87.0 Å². The van der Waals surface area contributed by atoms with Crippen molar-refractivity contribution in [2.45, 2.75) is 6.92 Å². The molecular formula is C24H26N2O5. The van der Waals surface area contributed by atoms with E-state index in [2.05, 4.69) is 11.9 Å². The first-order chi connectivity index (χ1) is 14.8. The Morgan fingerprint density at radius 1 is 1.16 bits per heavy atom. The highest BCUT2D eigenvalue weighted by atomic mass is 16.4. The number of hydrogen-bond acceptors (Lipinski definition) is 7. The number of para-hydroxylation sites is 1. The topological polar surface area (TPSA) is 95.9 Å². The monoisotopic (exact) mass is 422 g/mol. The van der Waals surface area contributed by atoms with Crippen LogP contribution in [0.5, 0.6) is 0 Å². The number of aliphatic hydroxyl groups excluding tert-OH is 1. The number of aliphatic hydroxyl groups is 1. The SMILES string of the molecule is C=C/C(O)=C(/CNCCN(C)C)c1oc(=O)cc(-c2cc3ccccc3oc2=O)c1C. The zero-order chi connectivity index (χ0) is 22.5.